The lowest BCUT2D eigenvalue weighted by molar-refractivity contribution is 0.482. The highest BCUT2D eigenvalue weighted by molar-refractivity contribution is 7.89. The Hall–Kier alpha value is -1.86. The van der Waals surface area contributed by atoms with Gasteiger partial charge in [-0.05, 0) is 47.8 Å². The van der Waals surface area contributed by atoms with Crippen molar-refractivity contribution in [1.29, 1.82) is 0 Å². The van der Waals surface area contributed by atoms with Gasteiger partial charge in [0.05, 0.1) is 9.92 Å². The molecule has 4 nitrogen and oxygen atoms in total. The van der Waals surface area contributed by atoms with E-state index in [1.807, 2.05) is 29.6 Å². The van der Waals surface area contributed by atoms with Crippen LogP contribution in [0.4, 0.5) is 0 Å². The lowest BCUT2D eigenvalue weighted by atomic mass is 10.3. The first-order valence-corrected chi connectivity index (χ1v) is 9.83. The van der Waals surface area contributed by atoms with Gasteiger partial charge in [-0.2, -0.15) is 0 Å². The molecule has 0 unspecified atom stereocenters. The highest BCUT2D eigenvalue weighted by Gasteiger charge is 2.14. The van der Waals surface area contributed by atoms with Crippen molar-refractivity contribution in [3.8, 4) is 11.5 Å². The summed E-state index contributed by atoms with van der Waals surface area (Å²) in [5.74, 6) is 1.03. The largest absolute Gasteiger partial charge is 0.456 e. The van der Waals surface area contributed by atoms with Gasteiger partial charge in [-0.1, -0.05) is 29.8 Å². The smallest absolute Gasteiger partial charge is 0.240 e. The number of halogens is 1. The highest BCUT2D eigenvalue weighted by Crippen LogP contribution is 2.29. The van der Waals surface area contributed by atoms with E-state index in [-0.39, 0.29) is 11.4 Å². The Morgan fingerprint density at radius 2 is 1.75 bits per heavy atom. The molecule has 0 saturated heterocycles. The van der Waals surface area contributed by atoms with Crippen molar-refractivity contribution in [1.82, 2.24) is 4.72 Å². The van der Waals surface area contributed by atoms with Crippen LogP contribution in [-0.2, 0) is 16.6 Å². The normalized spacial score (nSPS) is 11.4. The molecule has 0 saturated carbocycles. The quantitative estimate of drug-likeness (QED) is 0.677. The Balaban J connectivity index is 1.70. The Morgan fingerprint density at radius 1 is 1.00 bits per heavy atom. The number of nitrogens with one attached hydrogen (secondary N) is 1. The molecule has 0 aliphatic rings. The van der Waals surface area contributed by atoms with Crippen LogP contribution < -0.4 is 9.46 Å². The lowest BCUT2D eigenvalue weighted by Crippen LogP contribution is -2.22. The summed E-state index contributed by atoms with van der Waals surface area (Å²) >= 11 is 7.54. The van der Waals surface area contributed by atoms with Gasteiger partial charge in [0.1, 0.15) is 11.5 Å². The summed E-state index contributed by atoms with van der Waals surface area (Å²) in [6, 6.07) is 17.1. The fourth-order valence-electron chi connectivity index (χ4n) is 2.00. The van der Waals surface area contributed by atoms with Gasteiger partial charge in [0.25, 0.3) is 0 Å². The first kappa shape index (κ1) is 17.0. The van der Waals surface area contributed by atoms with Crippen molar-refractivity contribution in [2.45, 2.75) is 11.4 Å². The molecule has 0 aliphatic carbocycles. The number of para-hydroxylation sites is 1. The fraction of sp³-hybridized carbons (Fsp3) is 0.0588. The van der Waals surface area contributed by atoms with Gasteiger partial charge >= 0.3 is 0 Å². The average molecular weight is 380 g/mol. The molecule has 1 aromatic heterocycles. The van der Waals surface area contributed by atoms with Gasteiger partial charge in [0.15, 0.2) is 0 Å². The van der Waals surface area contributed by atoms with Crippen molar-refractivity contribution in [2.24, 2.45) is 0 Å². The molecule has 1 N–H and O–H groups in total. The molecule has 0 amide bonds. The van der Waals surface area contributed by atoms with Crippen LogP contribution in [0, 0.1) is 0 Å². The van der Waals surface area contributed by atoms with Crippen LogP contribution in [0.5, 0.6) is 11.5 Å². The summed E-state index contributed by atoms with van der Waals surface area (Å²) in [5, 5.41) is 2.40. The zero-order valence-electron chi connectivity index (χ0n) is 12.5. The molecule has 0 spiro atoms. The standard InChI is InChI=1S/C17H14ClNO3S2/c18-16-5-1-2-6-17(16)22-13-7-9-15(10-8-13)24(20,21)19-12-14-4-3-11-23-14/h1-11,19H,12H2. The summed E-state index contributed by atoms with van der Waals surface area (Å²) in [4.78, 5) is 1.14. The topological polar surface area (TPSA) is 55.4 Å². The van der Waals surface area contributed by atoms with Crippen molar-refractivity contribution < 1.29 is 13.2 Å². The second-order valence-electron chi connectivity index (χ2n) is 4.91. The third-order valence-electron chi connectivity index (χ3n) is 3.22. The van der Waals surface area contributed by atoms with Gasteiger partial charge in [-0.3, -0.25) is 0 Å². The highest BCUT2D eigenvalue weighted by atomic mass is 35.5. The summed E-state index contributed by atoms with van der Waals surface area (Å²) in [6.45, 7) is 0.276. The third kappa shape index (κ3) is 4.15. The van der Waals surface area contributed by atoms with Gasteiger partial charge < -0.3 is 4.74 Å². The molecular weight excluding hydrogens is 366 g/mol. The number of ether oxygens (including phenoxy) is 1. The van der Waals surface area contributed by atoms with Crippen LogP contribution in [0.15, 0.2) is 70.9 Å². The maximum Gasteiger partial charge on any atom is 0.240 e. The Kier molecular flexibility index (Phi) is 5.20. The van der Waals surface area contributed by atoms with Crippen LogP contribution in [0.2, 0.25) is 5.02 Å². The monoisotopic (exact) mass is 379 g/mol. The number of sulfonamides is 1. The maximum atomic E-state index is 12.3. The second kappa shape index (κ2) is 7.36. The van der Waals surface area contributed by atoms with Crippen molar-refractivity contribution >= 4 is 33.0 Å². The van der Waals surface area contributed by atoms with E-state index in [1.165, 1.54) is 23.5 Å². The Morgan fingerprint density at radius 3 is 2.42 bits per heavy atom. The lowest BCUT2D eigenvalue weighted by Gasteiger charge is -2.09. The average Bonchev–Trinajstić information content (AvgIpc) is 3.09. The Labute approximate surface area is 149 Å². The SMILES string of the molecule is O=S(=O)(NCc1cccs1)c1ccc(Oc2ccccc2Cl)cc1. The number of hydrogen-bond acceptors (Lipinski definition) is 4. The molecule has 3 aromatic rings. The number of thiophene rings is 1. The molecule has 0 bridgehead atoms. The summed E-state index contributed by atoms with van der Waals surface area (Å²) in [7, 11) is -3.56. The van der Waals surface area contributed by atoms with Gasteiger partial charge in [-0.15, -0.1) is 11.3 Å². The van der Waals surface area contributed by atoms with Crippen LogP contribution >= 0.6 is 22.9 Å². The minimum absolute atomic E-state index is 0.186. The Bertz CT molecular complexity index is 907. The molecule has 7 heteroatoms. The molecule has 0 aliphatic heterocycles. The van der Waals surface area contributed by atoms with Crippen LogP contribution in [-0.4, -0.2) is 8.42 Å². The van der Waals surface area contributed by atoms with E-state index in [1.54, 1.807) is 24.3 Å². The fourth-order valence-corrected chi connectivity index (χ4v) is 3.92. The third-order valence-corrected chi connectivity index (χ3v) is 5.82. The van der Waals surface area contributed by atoms with Gasteiger partial charge in [-0.25, -0.2) is 13.1 Å². The van der Waals surface area contributed by atoms with Crippen LogP contribution in [0.1, 0.15) is 4.88 Å². The van der Waals surface area contributed by atoms with Crippen LogP contribution in [0.3, 0.4) is 0 Å². The molecular formula is C17H14ClNO3S2. The minimum Gasteiger partial charge on any atom is -0.456 e. The predicted octanol–water partition coefficient (Wildman–Crippen LogP) is 4.67. The van der Waals surface area contributed by atoms with E-state index in [4.69, 9.17) is 16.3 Å². The van der Waals surface area contributed by atoms with E-state index in [9.17, 15) is 8.42 Å². The van der Waals surface area contributed by atoms with Crippen molar-refractivity contribution in [2.75, 3.05) is 0 Å². The molecule has 0 fully saturated rings. The van der Waals surface area contributed by atoms with Gasteiger partial charge in [0.2, 0.25) is 10.0 Å². The molecule has 24 heavy (non-hydrogen) atoms. The maximum absolute atomic E-state index is 12.3. The summed E-state index contributed by atoms with van der Waals surface area (Å²) in [5.41, 5.74) is 0. The molecule has 0 radical (unpaired) electrons. The van der Waals surface area contributed by atoms with E-state index in [0.29, 0.717) is 16.5 Å². The van der Waals surface area contributed by atoms with E-state index in [0.717, 1.165) is 4.88 Å². The molecule has 1 heterocycles. The molecule has 3 rings (SSSR count). The van der Waals surface area contributed by atoms with Gasteiger partial charge in [0, 0.05) is 11.4 Å². The zero-order valence-corrected chi connectivity index (χ0v) is 14.9. The van der Waals surface area contributed by atoms with E-state index in [2.05, 4.69) is 4.72 Å². The second-order valence-corrected chi connectivity index (χ2v) is 8.11. The minimum atomic E-state index is -3.56. The van der Waals surface area contributed by atoms with Crippen LogP contribution in [0.25, 0.3) is 0 Å². The molecule has 124 valence electrons. The molecule has 2 aromatic carbocycles. The predicted molar refractivity (Wildman–Crippen MR) is 96.3 cm³/mol. The van der Waals surface area contributed by atoms with E-state index >= 15 is 0 Å². The van der Waals surface area contributed by atoms with Crippen molar-refractivity contribution in [3.63, 3.8) is 0 Å². The van der Waals surface area contributed by atoms with Crippen molar-refractivity contribution in [3.05, 3.63) is 75.9 Å². The number of hydrogen-bond donors (Lipinski definition) is 1. The molecule has 0 atom stereocenters. The first-order chi connectivity index (χ1) is 11.5. The van der Waals surface area contributed by atoms with E-state index < -0.39 is 10.0 Å². The zero-order chi connectivity index (χ0) is 17.0. The number of rotatable bonds is 6. The summed E-state index contributed by atoms with van der Waals surface area (Å²) < 4.78 is 32.8. The first-order valence-electron chi connectivity index (χ1n) is 7.09. The summed E-state index contributed by atoms with van der Waals surface area (Å²) in [6.07, 6.45) is 0. The number of benzene rings is 2.